The van der Waals surface area contributed by atoms with Gasteiger partial charge < -0.3 is 5.32 Å². The minimum absolute atomic E-state index is 0.0799. The highest BCUT2D eigenvalue weighted by molar-refractivity contribution is 9.10. The van der Waals surface area contributed by atoms with Crippen molar-refractivity contribution in [1.29, 1.82) is 0 Å². The van der Waals surface area contributed by atoms with E-state index in [0.29, 0.717) is 0 Å². The number of amides is 1. The number of halogens is 1. The van der Waals surface area contributed by atoms with E-state index >= 15 is 0 Å². The summed E-state index contributed by atoms with van der Waals surface area (Å²) in [5.74, 6) is -0.0799. The van der Waals surface area contributed by atoms with E-state index in [2.05, 4.69) is 26.2 Å². The molecule has 21 heavy (non-hydrogen) atoms. The lowest BCUT2D eigenvalue weighted by Crippen LogP contribution is -2.04. The number of carbonyl (C=O) groups is 1. The van der Waals surface area contributed by atoms with Crippen molar-refractivity contribution in [1.82, 2.24) is 0 Å². The van der Waals surface area contributed by atoms with Crippen molar-refractivity contribution < 1.29 is 4.79 Å². The molecule has 0 aliphatic carbocycles. The van der Waals surface area contributed by atoms with Crippen LogP contribution in [0.1, 0.15) is 12.5 Å². The Morgan fingerprint density at radius 3 is 2.38 bits per heavy atom. The second kappa shape index (κ2) is 7.55. The summed E-state index contributed by atoms with van der Waals surface area (Å²) >= 11 is 3.40. The normalized spacial score (nSPS) is 11.1. The minimum atomic E-state index is -0.0799. The minimum Gasteiger partial charge on any atom is -0.326 e. The van der Waals surface area contributed by atoms with E-state index in [1.54, 1.807) is 6.21 Å². The van der Waals surface area contributed by atoms with Crippen molar-refractivity contribution in [2.45, 2.75) is 6.92 Å². The van der Waals surface area contributed by atoms with Crippen LogP contribution in [0.4, 0.5) is 11.4 Å². The second-order valence-electron chi connectivity index (χ2n) is 4.42. The van der Waals surface area contributed by atoms with E-state index in [1.165, 1.54) is 6.92 Å². The molecular weight excluding hydrogens is 328 g/mol. The van der Waals surface area contributed by atoms with Crippen molar-refractivity contribution in [3.05, 3.63) is 64.6 Å². The summed E-state index contributed by atoms with van der Waals surface area (Å²) in [7, 11) is 0. The highest BCUT2D eigenvalue weighted by atomic mass is 79.9. The van der Waals surface area contributed by atoms with Crippen LogP contribution in [-0.2, 0) is 4.79 Å². The van der Waals surface area contributed by atoms with Gasteiger partial charge in [-0.3, -0.25) is 9.79 Å². The fourth-order valence-electron chi connectivity index (χ4n) is 1.69. The van der Waals surface area contributed by atoms with Gasteiger partial charge >= 0.3 is 0 Å². The van der Waals surface area contributed by atoms with Gasteiger partial charge in [0.05, 0.1) is 5.69 Å². The predicted molar refractivity (Wildman–Crippen MR) is 92.1 cm³/mol. The average Bonchev–Trinajstić information content (AvgIpc) is 2.46. The van der Waals surface area contributed by atoms with Gasteiger partial charge in [0.2, 0.25) is 5.91 Å². The number of benzene rings is 2. The van der Waals surface area contributed by atoms with E-state index in [0.717, 1.165) is 21.4 Å². The van der Waals surface area contributed by atoms with Crippen molar-refractivity contribution in [2.75, 3.05) is 5.32 Å². The molecule has 1 N–H and O–H groups in total. The number of nitrogens with one attached hydrogen (secondary N) is 1. The number of aliphatic imine (C=N–C) groups is 1. The summed E-state index contributed by atoms with van der Waals surface area (Å²) < 4.78 is 1.06. The first-order valence-electron chi connectivity index (χ1n) is 6.47. The molecule has 0 spiro atoms. The smallest absolute Gasteiger partial charge is 0.221 e. The second-order valence-corrected chi connectivity index (χ2v) is 5.33. The Bertz CT molecular complexity index is 658. The molecule has 2 aromatic carbocycles. The van der Waals surface area contributed by atoms with Crippen LogP contribution < -0.4 is 5.32 Å². The maximum atomic E-state index is 10.9. The third kappa shape index (κ3) is 5.36. The Kier molecular flexibility index (Phi) is 5.46. The molecular formula is C17H15BrN2O. The SMILES string of the molecule is CC(=O)Nc1ccc(N=C/C=C/c2ccc(Br)cc2)cc1. The first kappa shape index (κ1) is 15.2. The molecule has 0 aromatic heterocycles. The molecule has 2 aromatic rings. The number of hydrogen-bond acceptors (Lipinski definition) is 2. The molecule has 0 aliphatic heterocycles. The van der Waals surface area contributed by atoms with Gasteiger partial charge in [-0.25, -0.2) is 0 Å². The van der Waals surface area contributed by atoms with Crippen LogP contribution >= 0.6 is 15.9 Å². The maximum absolute atomic E-state index is 10.9. The molecule has 106 valence electrons. The van der Waals surface area contributed by atoms with E-state index in [-0.39, 0.29) is 5.91 Å². The van der Waals surface area contributed by atoms with Crippen LogP contribution in [0.3, 0.4) is 0 Å². The Labute approximate surface area is 132 Å². The molecule has 3 nitrogen and oxygen atoms in total. The van der Waals surface area contributed by atoms with Crippen molar-refractivity contribution in [3.63, 3.8) is 0 Å². The van der Waals surface area contributed by atoms with Gasteiger partial charge in [0, 0.05) is 23.3 Å². The lowest BCUT2D eigenvalue weighted by atomic mass is 10.2. The van der Waals surface area contributed by atoms with Gasteiger partial charge in [0.1, 0.15) is 0 Å². The van der Waals surface area contributed by atoms with E-state index in [9.17, 15) is 4.79 Å². The summed E-state index contributed by atoms with van der Waals surface area (Å²) in [5, 5.41) is 2.72. The quantitative estimate of drug-likeness (QED) is 0.795. The summed E-state index contributed by atoms with van der Waals surface area (Å²) in [6.07, 6.45) is 5.63. The zero-order valence-corrected chi connectivity index (χ0v) is 13.2. The molecule has 4 heteroatoms. The maximum Gasteiger partial charge on any atom is 0.221 e. The fraction of sp³-hybridized carbons (Fsp3) is 0.0588. The predicted octanol–water partition coefficient (Wildman–Crippen LogP) is 4.82. The summed E-state index contributed by atoms with van der Waals surface area (Å²) in [6.45, 7) is 1.49. The molecule has 0 unspecified atom stereocenters. The van der Waals surface area contributed by atoms with Gasteiger partial charge in [0.15, 0.2) is 0 Å². The highest BCUT2D eigenvalue weighted by Gasteiger charge is 1.94. The van der Waals surface area contributed by atoms with E-state index in [4.69, 9.17) is 0 Å². The number of anilines is 1. The monoisotopic (exact) mass is 342 g/mol. The van der Waals surface area contributed by atoms with Crippen molar-refractivity contribution in [2.24, 2.45) is 4.99 Å². The third-order valence-corrected chi connectivity index (χ3v) is 3.18. The molecule has 0 fully saturated rings. The number of rotatable bonds is 4. The van der Waals surface area contributed by atoms with Crippen molar-refractivity contribution >= 4 is 45.5 Å². The van der Waals surface area contributed by atoms with E-state index in [1.807, 2.05) is 60.7 Å². The summed E-state index contributed by atoms with van der Waals surface area (Å²) in [6, 6.07) is 15.4. The Balaban J connectivity index is 1.94. The lowest BCUT2D eigenvalue weighted by molar-refractivity contribution is -0.114. The Morgan fingerprint density at radius 1 is 1.10 bits per heavy atom. The molecule has 2 rings (SSSR count). The highest BCUT2D eigenvalue weighted by Crippen LogP contribution is 2.16. The number of carbonyl (C=O) groups excluding carboxylic acids is 1. The number of nitrogens with zero attached hydrogens (tertiary/aromatic N) is 1. The average molecular weight is 343 g/mol. The zero-order chi connectivity index (χ0) is 15.1. The van der Waals surface area contributed by atoms with Gasteiger partial charge in [-0.15, -0.1) is 0 Å². The summed E-state index contributed by atoms with van der Waals surface area (Å²) in [5.41, 5.74) is 2.72. The molecule has 0 saturated heterocycles. The van der Waals surface area contributed by atoms with Crippen molar-refractivity contribution in [3.8, 4) is 0 Å². The third-order valence-electron chi connectivity index (χ3n) is 2.66. The summed E-state index contributed by atoms with van der Waals surface area (Å²) in [4.78, 5) is 15.2. The molecule has 0 aliphatic rings. The molecule has 0 bridgehead atoms. The van der Waals surface area contributed by atoms with Crippen LogP contribution in [0.2, 0.25) is 0 Å². The van der Waals surface area contributed by atoms with Crippen LogP contribution in [0, 0.1) is 0 Å². The van der Waals surface area contributed by atoms with Gasteiger partial charge in [-0.05, 0) is 48.0 Å². The van der Waals surface area contributed by atoms with Gasteiger partial charge in [0.25, 0.3) is 0 Å². The number of allylic oxidation sites excluding steroid dienone is 1. The van der Waals surface area contributed by atoms with Gasteiger partial charge in [-0.2, -0.15) is 0 Å². The molecule has 1 amide bonds. The topological polar surface area (TPSA) is 41.5 Å². The Morgan fingerprint density at radius 2 is 1.76 bits per heavy atom. The first-order chi connectivity index (χ1) is 10.1. The van der Waals surface area contributed by atoms with Crippen LogP contribution in [0.5, 0.6) is 0 Å². The lowest BCUT2D eigenvalue weighted by Gasteiger charge is -2.01. The molecule has 0 radical (unpaired) electrons. The Hall–Kier alpha value is -2.20. The van der Waals surface area contributed by atoms with E-state index < -0.39 is 0 Å². The zero-order valence-electron chi connectivity index (χ0n) is 11.6. The molecule has 0 heterocycles. The number of hydrogen-bond donors (Lipinski definition) is 1. The largest absolute Gasteiger partial charge is 0.326 e. The fourth-order valence-corrected chi connectivity index (χ4v) is 1.96. The molecule has 0 atom stereocenters. The first-order valence-corrected chi connectivity index (χ1v) is 7.27. The van der Waals surface area contributed by atoms with Crippen LogP contribution in [0.25, 0.3) is 6.08 Å². The van der Waals surface area contributed by atoms with Gasteiger partial charge in [-0.1, -0.05) is 34.1 Å². The standard InChI is InChI=1S/C17H15BrN2O/c1-13(21)20-17-10-8-16(9-11-17)19-12-2-3-14-4-6-15(18)7-5-14/h2-12H,1H3,(H,20,21)/b3-2+,19-12?. The van der Waals surface area contributed by atoms with Crippen LogP contribution in [0.15, 0.2) is 64.1 Å². The van der Waals surface area contributed by atoms with Crippen LogP contribution in [-0.4, -0.2) is 12.1 Å². The molecule has 0 saturated carbocycles.